The van der Waals surface area contributed by atoms with Crippen molar-refractivity contribution in [3.05, 3.63) is 28.8 Å². The number of aryl methyl sites for hydroxylation is 2. The molecular formula is C18H22N2O4. The number of carbonyl (C=O) groups is 1. The van der Waals surface area contributed by atoms with E-state index in [1.165, 1.54) is 5.56 Å². The largest absolute Gasteiger partial charge is 0.460 e. The Morgan fingerprint density at radius 3 is 2.88 bits per heavy atom. The van der Waals surface area contributed by atoms with Crippen LogP contribution in [0.15, 0.2) is 10.6 Å². The molecule has 0 radical (unpaired) electrons. The Bertz CT molecular complexity index is 798. The molecule has 2 aromatic heterocycles. The Kier molecular flexibility index (Phi) is 3.53. The lowest BCUT2D eigenvalue weighted by atomic mass is 9.89. The average Bonchev–Trinajstić information content (AvgIpc) is 3.06. The molecule has 0 N–H and O–H groups in total. The van der Waals surface area contributed by atoms with Crippen LogP contribution >= 0.6 is 0 Å². The van der Waals surface area contributed by atoms with Crippen LogP contribution in [-0.4, -0.2) is 35.6 Å². The topological polar surface area (TPSA) is 66.5 Å². The van der Waals surface area contributed by atoms with E-state index in [1.54, 1.807) is 6.92 Å². The van der Waals surface area contributed by atoms with Gasteiger partial charge in [0.05, 0.1) is 32.1 Å². The fourth-order valence-electron chi connectivity index (χ4n) is 3.57. The summed E-state index contributed by atoms with van der Waals surface area (Å²) in [6.07, 6.45) is 3.79. The van der Waals surface area contributed by atoms with Gasteiger partial charge in [0.1, 0.15) is 5.76 Å². The van der Waals surface area contributed by atoms with E-state index < -0.39 is 5.97 Å². The van der Waals surface area contributed by atoms with Crippen molar-refractivity contribution >= 4 is 5.97 Å². The fourth-order valence-corrected chi connectivity index (χ4v) is 3.57. The Labute approximate surface area is 140 Å². The number of rotatable bonds is 4. The first-order chi connectivity index (χ1) is 11.5. The van der Waals surface area contributed by atoms with Crippen molar-refractivity contribution in [1.82, 2.24) is 9.78 Å². The normalized spacial score (nSPS) is 17.8. The molecule has 1 aliphatic carbocycles. The fraction of sp³-hybridized carbons (Fsp3) is 0.556. The van der Waals surface area contributed by atoms with Crippen molar-refractivity contribution in [2.45, 2.75) is 40.2 Å². The van der Waals surface area contributed by atoms with E-state index in [2.05, 4.69) is 13.1 Å². The zero-order valence-corrected chi connectivity index (χ0v) is 14.3. The minimum atomic E-state index is -0.399. The number of hydrogen-bond acceptors (Lipinski definition) is 5. The van der Waals surface area contributed by atoms with E-state index in [0.29, 0.717) is 12.4 Å². The van der Waals surface area contributed by atoms with Gasteiger partial charge >= 0.3 is 5.97 Å². The molecule has 4 rings (SSSR count). The standard InChI is InChI=1S/C18H22N2O4/c1-4-23-17(21)16-11(2)14-13(24-16)6-5-12-7-20(19-15(12)14)8-18(3)9-22-10-18/h7H,4-6,8-10H2,1-3H3. The van der Waals surface area contributed by atoms with Crippen molar-refractivity contribution in [2.75, 3.05) is 19.8 Å². The molecule has 6 nitrogen and oxygen atoms in total. The molecule has 2 aliphatic rings. The predicted molar refractivity (Wildman–Crippen MR) is 87.0 cm³/mol. The molecule has 24 heavy (non-hydrogen) atoms. The van der Waals surface area contributed by atoms with Gasteiger partial charge < -0.3 is 13.9 Å². The first kappa shape index (κ1) is 15.4. The molecular weight excluding hydrogens is 308 g/mol. The minimum Gasteiger partial charge on any atom is -0.460 e. The number of esters is 1. The van der Waals surface area contributed by atoms with Crippen molar-refractivity contribution < 1.29 is 18.7 Å². The highest BCUT2D eigenvalue weighted by Gasteiger charge is 2.35. The third kappa shape index (κ3) is 2.36. The second-order valence-corrected chi connectivity index (χ2v) is 7.08. The molecule has 0 bridgehead atoms. The molecule has 3 heterocycles. The molecule has 0 amide bonds. The summed E-state index contributed by atoms with van der Waals surface area (Å²) < 4.78 is 18.2. The number of hydrogen-bond donors (Lipinski definition) is 0. The van der Waals surface area contributed by atoms with Crippen LogP contribution in [0.3, 0.4) is 0 Å². The van der Waals surface area contributed by atoms with Crippen molar-refractivity contribution in [3.63, 3.8) is 0 Å². The molecule has 1 aliphatic heterocycles. The van der Waals surface area contributed by atoms with Gasteiger partial charge in [-0.3, -0.25) is 4.68 Å². The second-order valence-electron chi connectivity index (χ2n) is 7.08. The van der Waals surface area contributed by atoms with Crippen molar-refractivity contribution in [1.29, 1.82) is 0 Å². The summed E-state index contributed by atoms with van der Waals surface area (Å²) >= 11 is 0. The van der Waals surface area contributed by atoms with Gasteiger partial charge in [-0.25, -0.2) is 4.79 Å². The maximum Gasteiger partial charge on any atom is 0.374 e. The van der Waals surface area contributed by atoms with Gasteiger partial charge in [0.15, 0.2) is 0 Å². The van der Waals surface area contributed by atoms with E-state index in [9.17, 15) is 4.79 Å². The Hall–Kier alpha value is -2.08. The van der Waals surface area contributed by atoms with Gasteiger partial charge in [-0.2, -0.15) is 5.10 Å². The van der Waals surface area contributed by atoms with Crippen molar-refractivity contribution in [3.8, 4) is 11.3 Å². The highest BCUT2D eigenvalue weighted by atomic mass is 16.5. The zero-order chi connectivity index (χ0) is 16.9. The lowest BCUT2D eigenvalue weighted by molar-refractivity contribution is -0.111. The Morgan fingerprint density at radius 2 is 2.21 bits per heavy atom. The molecule has 0 aromatic carbocycles. The Balaban J connectivity index is 1.69. The molecule has 0 spiro atoms. The average molecular weight is 330 g/mol. The quantitative estimate of drug-likeness (QED) is 0.807. The van der Waals surface area contributed by atoms with Crippen LogP contribution in [0, 0.1) is 12.3 Å². The molecule has 1 fully saturated rings. The molecule has 6 heteroatoms. The van der Waals surface area contributed by atoms with Crippen LogP contribution < -0.4 is 0 Å². The predicted octanol–water partition coefficient (Wildman–Crippen LogP) is 2.76. The molecule has 0 saturated carbocycles. The summed E-state index contributed by atoms with van der Waals surface area (Å²) in [7, 11) is 0. The first-order valence-corrected chi connectivity index (χ1v) is 8.44. The summed E-state index contributed by atoms with van der Waals surface area (Å²) in [5.74, 6) is 0.750. The van der Waals surface area contributed by atoms with Crippen LogP contribution in [0.25, 0.3) is 11.3 Å². The van der Waals surface area contributed by atoms with Crippen LogP contribution in [0.4, 0.5) is 0 Å². The summed E-state index contributed by atoms with van der Waals surface area (Å²) in [4.78, 5) is 12.1. The lowest BCUT2D eigenvalue weighted by Crippen LogP contribution is -2.43. The van der Waals surface area contributed by atoms with Crippen LogP contribution in [-0.2, 0) is 28.9 Å². The maximum atomic E-state index is 12.1. The van der Waals surface area contributed by atoms with Crippen LogP contribution in [0.1, 0.15) is 41.3 Å². The summed E-state index contributed by atoms with van der Waals surface area (Å²) in [6, 6.07) is 0. The van der Waals surface area contributed by atoms with Gasteiger partial charge in [-0.1, -0.05) is 6.92 Å². The number of nitrogens with zero attached hydrogens (tertiary/aromatic N) is 2. The van der Waals surface area contributed by atoms with E-state index in [4.69, 9.17) is 19.0 Å². The molecule has 0 atom stereocenters. The van der Waals surface area contributed by atoms with Gasteiger partial charge in [-0.05, 0) is 25.8 Å². The van der Waals surface area contributed by atoms with Gasteiger partial charge in [0.25, 0.3) is 0 Å². The third-order valence-corrected chi connectivity index (χ3v) is 4.82. The lowest BCUT2D eigenvalue weighted by Gasteiger charge is -2.37. The number of ether oxygens (including phenoxy) is 2. The first-order valence-electron chi connectivity index (χ1n) is 8.44. The van der Waals surface area contributed by atoms with Gasteiger partial charge in [0, 0.05) is 29.2 Å². The second kappa shape index (κ2) is 5.48. The molecule has 0 unspecified atom stereocenters. The highest BCUT2D eigenvalue weighted by molar-refractivity contribution is 5.91. The minimum absolute atomic E-state index is 0.166. The van der Waals surface area contributed by atoms with Crippen molar-refractivity contribution in [2.24, 2.45) is 5.41 Å². The molecule has 1 saturated heterocycles. The summed E-state index contributed by atoms with van der Waals surface area (Å²) in [5.41, 5.74) is 4.11. The molecule has 2 aromatic rings. The van der Waals surface area contributed by atoms with Gasteiger partial charge in [-0.15, -0.1) is 0 Å². The van der Waals surface area contributed by atoms with E-state index in [0.717, 1.165) is 55.2 Å². The maximum absolute atomic E-state index is 12.1. The monoisotopic (exact) mass is 330 g/mol. The summed E-state index contributed by atoms with van der Waals surface area (Å²) in [6.45, 7) is 8.65. The van der Waals surface area contributed by atoms with E-state index in [1.807, 2.05) is 11.6 Å². The zero-order valence-electron chi connectivity index (χ0n) is 14.3. The molecule has 128 valence electrons. The summed E-state index contributed by atoms with van der Waals surface area (Å²) in [5, 5.41) is 4.79. The Morgan fingerprint density at radius 1 is 1.42 bits per heavy atom. The van der Waals surface area contributed by atoms with Gasteiger partial charge in [0.2, 0.25) is 5.76 Å². The van der Waals surface area contributed by atoms with E-state index >= 15 is 0 Å². The number of furan rings is 1. The van der Waals surface area contributed by atoms with Crippen LogP contribution in [0.2, 0.25) is 0 Å². The van der Waals surface area contributed by atoms with Crippen LogP contribution in [0.5, 0.6) is 0 Å². The number of aromatic nitrogens is 2. The number of fused-ring (bicyclic) bond motifs is 3. The smallest absolute Gasteiger partial charge is 0.374 e. The number of carbonyl (C=O) groups excluding carboxylic acids is 1. The highest BCUT2D eigenvalue weighted by Crippen LogP contribution is 2.39. The van der Waals surface area contributed by atoms with E-state index in [-0.39, 0.29) is 5.41 Å². The third-order valence-electron chi connectivity index (χ3n) is 4.82. The SMILES string of the molecule is CCOC(=O)c1oc2c(c1C)-c1nn(CC3(C)COC3)cc1CC2.